The summed E-state index contributed by atoms with van der Waals surface area (Å²) in [5.74, 6) is 0.813. The van der Waals surface area contributed by atoms with Crippen molar-refractivity contribution in [3.8, 4) is 22.5 Å². The molecule has 2 aromatic carbocycles. The molecule has 36 heavy (non-hydrogen) atoms. The molecule has 0 aliphatic heterocycles. The average Bonchev–Trinajstić information content (AvgIpc) is 3.24. The second kappa shape index (κ2) is 9.79. The molecule has 3 aromatic heterocycles. The number of hydrogen-bond donors (Lipinski definition) is 1. The number of pyridine rings is 1. The van der Waals surface area contributed by atoms with Gasteiger partial charge in [0.1, 0.15) is 23.6 Å². The Morgan fingerprint density at radius 2 is 1.92 bits per heavy atom. The van der Waals surface area contributed by atoms with E-state index < -0.39 is 0 Å². The van der Waals surface area contributed by atoms with Crippen LogP contribution in [0.4, 0.5) is 5.82 Å². The SMILES string of the molecule is CCC(=O)C1CC(n2nc(-c3ccc4[c-]cc(-c5ccccc5)nc4c3C)c3c(N)ncnc32)C1.[Y]. The van der Waals surface area contributed by atoms with E-state index in [-0.39, 0.29) is 44.7 Å². The number of nitrogen functional groups attached to an aromatic ring is 1. The van der Waals surface area contributed by atoms with Crippen molar-refractivity contribution in [3.63, 3.8) is 0 Å². The van der Waals surface area contributed by atoms with Gasteiger partial charge in [-0.25, -0.2) is 14.6 Å². The Bertz CT molecular complexity index is 1590. The van der Waals surface area contributed by atoms with Gasteiger partial charge in [-0.3, -0.25) is 4.79 Å². The second-order valence-corrected chi connectivity index (χ2v) is 9.18. The molecule has 8 heteroatoms. The Morgan fingerprint density at radius 3 is 2.67 bits per heavy atom. The number of fused-ring (bicyclic) bond motifs is 2. The average molecular weight is 550 g/mol. The molecule has 6 rings (SSSR count). The smallest absolute Gasteiger partial charge is 0.164 e. The maximum absolute atomic E-state index is 12.1. The van der Waals surface area contributed by atoms with E-state index in [1.165, 1.54) is 6.33 Å². The maximum Gasteiger partial charge on any atom is 0.164 e. The van der Waals surface area contributed by atoms with Crippen molar-refractivity contribution in [2.45, 2.75) is 39.2 Å². The summed E-state index contributed by atoms with van der Waals surface area (Å²) in [4.78, 5) is 25.9. The van der Waals surface area contributed by atoms with Crippen molar-refractivity contribution < 1.29 is 37.5 Å². The van der Waals surface area contributed by atoms with E-state index in [2.05, 4.69) is 23.0 Å². The van der Waals surface area contributed by atoms with Crippen LogP contribution in [0.1, 0.15) is 37.8 Å². The van der Waals surface area contributed by atoms with E-state index in [0.29, 0.717) is 23.7 Å². The zero-order valence-corrected chi connectivity index (χ0v) is 23.1. The fourth-order valence-electron chi connectivity index (χ4n) is 5.05. The molecular weight excluding hydrogens is 525 g/mol. The van der Waals surface area contributed by atoms with Gasteiger partial charge in [0.2, 0.25) is 0 Å². The van der Waals surface area contributed by atoms with Crippen LogP contribution in [0.2, 0.25) is 0 Å². The van der Waals surface area contributed by atoms with Crippen LogP contribution in [0.25, 0.3) is 44.5 Å². The van der Waals surface area contributed by atoms with Gasteiger partial charge in [0.15, 0.2) is 5.65 Å². The van der Waals surface area contributed by atoms with Crippen LogP contribution in [-0.2, 0) is 37.5 Å². The molecule has 0 amide bonds. The van der Waals surface area contributed by atoms with Crippen LogP contribution in [-0.4, -0.2) is 30.5 Å². The molecule has 0 unspecified atom stereocenters. The number of rotatable bonds is 5. The Balaban J connectivity index is 0.00000267. The summed E-state index contributed by atoms with van der Waals surface area (Å²) in [6, 6.07) is 19.6. The third-order valence-electron chi connectivity index (χ3n) is 7.13. The van der Waals surface area contributed by atoms with Gasteiger partial charge >= 0.3 is 0 Å². The van der Waals surface area contributed by atoms with Crippen molar-refractivity contribution in [3.05, 3.63) is 66.5 Å². The van der Waals surface area contributed by atoms with Crippen LogP contribution in [0, 0.1) is 18.9 Å². The quantitative estimate of drug-likeness (QED) is 0.297. The van der Waals surface area contributed by atoms with Crippen LogP contribution >= 0.6 is 0 Å². The molecule has 1 aliphatic rings. The van der Waals surface area contributed by atoms with Crippen molar-refractivity contribution in [2.75, 3.05) is 5.73 Å². The molecule has 0 saturated heterocycles. The van der Waals surface area contributed by atoms with E-state index in [1.54, 1.807) is 0 Å². The van der Waals surface area contributed by atoms with Crippen molar-refractivity contribution in [1.82, 2.24) is 24.7 Å². The Labute approximate surface area is 234 Å². The number of Topliss-reactive ketones (excluding diaryl/α,β-unsaturated/α-hetero) is 1. The molecule has 3 heterocycles. The number of benzene rings is 2. The predicted octanol–water partition coefficient (Wildman–Crippen LogP) is 5.33. The topological polar surface area (TPSA) is 99.6 Å². The third-order valence-corrected chi connectivity index (χ3v) is 7.13. The molecule has 7 nitrogen and oxygen atoms in total. The summed E-state index contributed by atoms with van der Waals surface area (Å²) in [6.45, 7) is 3.97. The van der Waals surface area contributed by atoms with E-state index in [1.807, 2.05) is 60.1 Å². The van der Waals surface area contributed by atoms with E-state index >= 15 is 0 Å². The van der Waals surface area contributed by atoms with Gasteiger partial charge in [0.25, 0.3) is 0 Å². The molecule has 177 valence electrons. The maximum atomic E-state index is 12.1. The first-order valence-corrected chi connectivity index (χ1v) is 11.9. The molecule has 2 N–H and O–H groups in total. The van der Waals surface area contributed by atoms with Gasteiger partial charge in [-0.05, 0) is 42.1 Å². The molecule has 1 aliphatic carbocycles. The number of aromatic nitrogens is 5. The number of anilines is 1. The minimum absolute atomic E-state index is 0. The first-order valence-electron chi connectivity index (χ1n) is 11.9. The van der Waals surface area contributed by atoms with Gasteiger partial charge in [-0.1, -0.05) is 48.9 Å². The predicted molar refractivity (Wildman–Crippen MR) is 137 cm³/mol. The van der Waals surface area contributed by atoms with Gasteiger partial charge in [0.05, 0.1) is 11.4 Å². The summed E-state index contributed by atoms with van der Waals surface area (Å²) in [7, 11) is 0. The molecule has 0 bridgehead atoms. The van der Waals surface area contributed by atoms with Crippen LogP contribution < -0.4 is 5.73 Å². The molecule has 1 radical (unpaired) electrons. The fraction of sp³-hybridized carbons (Fsp3) is 0.250. The van der Waals surface area contributed by atoms with Crippen molar-refractivity contribution in [1.29, 1.82) is 0 Å². The van der Waals surface area contributed by atoms with E-state index in [0.717, 1.165) is 57.2 Å². The molecule has 1 saturated carbocycles. The summed E-state index contributed by atoms with van der Waals surface area (Å²) in [5.41, 5.74) is 12.5. The van der Waals surface area contributed by atoms with Crippen LogP contribution in [0.15, 0.2) is 54.9 Å². The van der Waals surface area contributed by atoms with Crippen LogP contribution in [0.3, 0.4) is 0 Å². The molecule has 0 spiro atoms. The number of nitrogens with two attached hydrogens (primary N) is 1. The molecule has 5 aromatic rings. The third kappa shape index (κ3) is 4.04. The number of carbonyl (C=O) groups excluding carboxylic acids is 1. The molecule has 0 atom stereocenters. The zero-order chi connectivity index (χ0) is 24.1. The largest absolute Gasteiger partial charge is 0.383 e. The molecule has 1 fully saturated rings. The number of ketones is 1. The first-order chi connectivity index (χ1) is 17.0. The van der Waals surface area contributed by atoms with Gasteiger partial charge in [0, 0.05) is 45.0 Å². The standard InChI is InChI=1S/C28H25N6O.Y/c1-3-23(35)19-13-20(14-19)34-28-24(27(29)30-15-31-28)26(33-34)21-11-9-18-10-12-22(32-25(18)16(21)2)17-7-5-4-6-8-17;/h4-9,11-12,15,19-20H,3,13-14H2,1-2H3,(H2,29,30,31);/q-1;. The number of hydrogen-bond acceptors (Lipinski definition) is 6. The van der Waals surface area contributed by atoms with Gasteiger partial charge in [-0.15, -0.1) is 23.6 Å². The van der Waals surface area contributed by atoms with Crippen molar-refractivity contribution in [2.24, 2.45) is 5.92 Å². The summed E-state index contributed by atoms with van der Waals surface area (Å²) in [5, 5.41) is 6.68. The monoisotopic (exact) mass is 550 g/mol. The van der Waals surface area contributed by atoms with E-state index in [9.17, 15) is 4.79 Å². The second-order valence-electron chi connectivity index (χ2n) is 9.18. The Hall–Kier alpha value is -3.03. The normalized spacial score (nSPS) is 17.1. The van der Waals surface area contributed by atoms with Gasteiger partial charge in [-0.2, -0.15) is 5.10 Å². The summed E-state index contributed by atoms with van der Waals surface area (Å²) in [6.07, 6.45) is 3.60. The van der Waals surface area contributed by atoms with Crippen LogP contribution in [0.5, 0.6) is 0 Å². The molecular formula is C28H25N6OY-. The van der Waals surface area contributed by atoms with Gasteiger partial charge < -0.3 is 10.7 Å². The minimum Gasteiger partial charge on any atom is -0.383 e. The van der Waals surface area contributed by atoms with E-state index in [4.69, 9.17) is 15.8 Å². The fourth-order valence-corrected chi connectivity index (χ4v) is 5.05. The summed E-state index contributed by atoms with van der Waals surface area (Å²) < 4.78 is 1.94. The summed E-state index contributed by atoms with van der Waals surface area (Å²) >= 11 is 0. The van der Waals surface area contributed by atoms with Crippen molar-refractivity contribution >= 4 is 33.5 Å². The minimum atomic E-state index is 0. The number of aryl methyl sites for hydroxylation is 1. The Morgan fingerprint density at radius 1 is 1.14 bits per heavy atom. The first kappa shape index (κ1) is 24.7. The zero-order valence-electron chi connectivity index (χ0n) is 20.3. The Kier molecular flexibility index (Phi) is 6.71. The number of carbonyl (C=O) groups is 1. The number of nitrogens with zero attached hydrogens (tertiary/aromatic N) is 5.